The van der Waals surface area contributed by atoms with Crippen molar-refractivity contribution < 1.29 is 9.59 Å². The van der Waals surface area contributed by atoms with Gasteiger partial charge in [-0.2, -0.15) is 0 Å². The van der Waals surface area contributed by atoms with Crippen LogP contribution in [0.1, 0.15) is 10.4 Å². The Morgan fingerprint density at radius 1 is 0.952 bits per heavy atom. The summed E-state index contributed by atoms with van der Waals surface area (Å²) >= 11 is 1.43. The minimum Gasteiger partial charge on any atom is -0.277 e. The minimum atomic E-state index is -0.341. The molecule has 102 valence electrons. The first kappa shape index (κ1) is 13.3. The highest BCUT2D eigenvalue weighted by molar-refractivity contribution is 7.11. The minimum absolute atomic E-state index is 0.272. The van der Waals surface area contributed by atoms with E-state index < -0.39 is 0 Å². The molecule has 3 rings (SSSR count). The van der Waals surface area contributed by atoms with Crippen LogP contribution in [-0.4, -0.2) is 23.8 Å². The molecule has 0 atom stereocenters. The van der Waals surface area contributed by atoms with Gasteiger partial charge in [0.1, 0.15) is 5.57 Å². The number of benzene rings is 1. The van der Waals surface area contributed by atoms with Gasteiger partial charge in [0, 0.05) is 17.5 Å². The second kappa shape index (κ2) is 5.39. The monoisotopic (exact) mass is 293 g/mol. The predicted molar refractivity (Wildman–Crippen MR) is 82.3 cm³/mol. The van der Waals surface area contributed by atoms with Crippen molar-refractivity contribution in [2.75, 3.05) is 7.05 Å². The van der Waals surface area contributed by atoms with Crippen LogP contribution in [-0.2, 0) is 9.59 Å². The Kier molecular flexibility index (Phi) is 3.43. The fourth-order valence-electron chi connectivity index (χ4n) is 2.06. The molecular weight excluding hydrogens is 282 g/mol. The van der Waals surface area contributed by atoms with Crippen LogP contribution in [0, 0.1) is 11.8 Å². The topological polar surface area (TPSA) is 37.4 Å². The van der Waals surface area contributed by atoms with Crippen molar-refractivity contribution in [3.05, 3.63) is 63.9 Å². The van der Waals surface area contributed by atoms with Crippen LogP contribution in [0.25, 0.3) is 5.57 Å². The number of likely N-dealkylation sites (N-methyl/N-ethyl adjacent to an activating group) is 1. The van der Waals surface area contributed by atoms with Crippen LogP contribution in [0.4, 0.5) is 0 Å². The Labute approximate surface area is 126 Å². The molecule has 2 amide bonds. The van der Waals surface area contributed by atoms with Crippen molar-refractivity contribution in [3.8, 4) is 11.8 Å². The van der Waals surface area contributed by atoms with E-state index in [1.54, 1.807) is 0 Å². The van der Waals surface area contributed by atoms with E-state index in [9.17, 15) is 9.59 Å². The second-order valence-electron chi connectivity index (χ2n) is 4.51. The van der Waals surface area contributed by atoms with E-state index in [1.165, 1.54) is 18.4 Å². The number of thiophene rings is 1. The zero-order chi connectivity index (χ0) is 14.8. The van der Waals surface area contributed by atoms with Crippen molar-refractivity contribution >= 4 is 28.7 Å². The van der Waals surface area contributed by atoms with Gasteiger partial charge in [-0.05, 0) is 23.6 Å². The third-order valence-electron chi connectivity index (χ3n) is 3.16. The van der Waals surface area contributed by atoms with Crippen molar-refractivity contribution in [2.24, 2.45) is 0 Å². The molecule has 1 aromatic heterocycles. The average molecular weight is 293 g/mol. The van der Waals surface area contributed by atoms with Crippen LogP contribution in [0.3, 0.4) is 0 Å². The molecule has 0 unspecified atom stereocenters. The van der Waals surface area contributed by atoms with Crippen LogP contribution < -0.4 is 0 Å². The summed E-state index contributed by atoms with van der Waals surface area (Å²) in [7, 11) is 1.48. The number of nitrogens with zero attached hydrogens (tertiary/aromatic N) is 1. The lowest BCUT2D eigenvalue weighted by Gasteiger charge is -2.04. The average Bonchev–Trinajstić information content (AvgIpc) is 3.10. The van der Waals surface area contributed by atoms with Gasteiger partial charge in [-0.3, -0.25) is 14.5 Å². The highest BCUT2D eigenvalue weighted by Gasteiger charge is 2.36. The van der Waals surface area contributed by atoms with Crippen molar-refractivity contribution in [1.29, 1.82) is 0 Å². The molecule has 1 aliphatic rings. The molecule has 0 spiro atoms. The predicted octanol–water partition coefficient (Wildman–Crippen LogP) is 2.55. The normalized spacial score (nSPS) is 14.4. The lowest BCUT2D eigenvalue weighted by molar-refractivity contribution is -0.135. The van der Waals surface area contributed by atoms with Gasteiger partial charge in [0.15, 0.2) is 0 Å². The molecule has 0 saturated carbocycles. The Bertz CT molecular complexity index is 792. The van der Waals surface area contributed by atoms with Gasteiger partial charge >= 0.3 is 0 Å². The molecule has 4 heteroatoms. The van der Waals surface area contributed by atoms with Crippen molar-refractivity contribution in [1.82, 2.24) is 4.90 Å². The number of hydrogen-bond donors (Lipinski definition) is 0. The Morgan fingerprint density at radius 3 is 2.38 bits per heavy atom. The quantitative estimate of drug-likeness (QED) is 0.598. The molecule has 0 radical (unpaired) electrons. The van der Waals surface area contributed by atoms with Crippen LogP contribution in [0.5, 0.6) is 0 Å². The molecule has 2 aromatic rings. The largest absolute Gasteiger partial charge is 0.277 e. The third kappa shape index (κ3) is 2.39. The van der Waals surface area contributed by atoms with Gasteiger partial charge in [0.25, 0.3) is 11.8 Å². The molecule has 0 bridgehead atoms. The van der Waals surface area contributed by atoms with Gasteiger partial charge in [-0.1, -0.05) is 36.1 Å². The summed E-state index contributed by atoms with van der Waals surface area (Å²) in [4.78, 5) is 26.3. The lowest BCUT2D eigenvalue weighted by atomic mass is 10.1. The summed E-state index contributed by atoms with van der Waals surface area (Å²) in [6.45, 7) is 0. The fourth-order valence-corrected chi connectivity index (χ4v) is 2.83. The molecule has 0 N–H and O–H groups in total. The Hall–Kier alpha value is -2.64. The first-order chi connectivity index (χ1) is 10.2. The third-order valence-corrected chi connectivity index (χ3v) is 4.05. The number of rotatable bonds is 1. The van der Waals surface area contributed by atoms with Gasteiger partial charge in [0.2, 0.25) is 0 Å². The SMILES string of the molecule is CN1C(=O)C(C#Cc2ccccc2)=C(c2cccs2)C1=O. The number of hydrogen-bond acceptors (Lipinski definition) is 3. The highest BCUT2D eigenvalue weighted by Crippen LogP contribution is 2.30. The zero-order valence-corrected chi connectivity index (χ0v) is 12.1. The maximum atomic E-state index is 12.2. The molecule has 1 aliphatic heterocycles. The molecule has 2 heterocycles. The summed E-state index contributed by atoms with van der Waals surface area (Å²) in [6.07, 6.45) is 0. The van der Waals surface area contributed by atoms with E-state index in [-0.39, 0.29) is 17.4 Å². The second-order valence-corrected chi connectivity index (χ2v) is 5.46. The Balaban J connectivity index is 2.10. The van der Waals surface area contributed by atoms with E-state index in [1.807, 2.05) is 47.8 Å². The maximum Gasteiger partial charge on any atom is 0.269 e. The van der Waals surface area contributed by atoms with E-state index in [0.717, 1.165) is 15.3 Å². The van der Waals surface area contributed by atoms with Gasteiger partial charge in [-0.15, -0.1) is 11.3 Å². The number of carbonyl (C=O) groups excluding carboxylic acids is 2. The van der Waals surface area contributed by atoms with E-state index in [4.69, 9.17) is 0 Å². The summed E-state index contributed by atoms with van der Waals surface area (Å²) in [5.41, 5.74) is 1.49. The first-order valence-corrected chi connectivity index (χ1v) is 7.24. The van der Waals surface area contributed by atoms with Crippen LogP contribution >= 0.6 is 11.3 Å². The van der Waals surface area contributed by atoms with Gasteiger partial charge in [0.05, 0.1) is 5.57 Å². The summed E-state index contributed by atoms with van der Waals surface area (Å²) in [6, 6.07) is 13.1. The number of imide groups is 1. The molecule has 0 aliphatic carbocycles. The number of carbonyl (C=O) groups is 2. The fraction of sp³-hybridized carbons (Fsp3) is 0.0588. The molecule has 3 nitrogen and oxygen atoms in total. The summed E-state index contributed by atoms with van der Waals surface area (Å²) < 4.78 is 0. The summed E-state index contributed by atoms with van der Waals surface area (Å²) in [5, 5.41) is 1.88. The standard InChI is InChI=1S/C17H11NO2S/c1-18-16(19)13(10-9-12-6-3-2-4-7-12)15(17(18)20)14-8-5-11-21-14/h2-8,11H,1H3. The summed E-state index contributed by atoms with van der Waals surface area (Å²) in [5.74, 6) is 5.19. The van der Waals surface area contributed by atoms with E-state index in [2.05, 4.69) is 11.8 Å². The highest BCUT2D eigenvalue weighted by atomic mass is 32.1. The van der Waals surface area contributed by atoms with E-state index in [0.29, 0.717) is 5.57 Å². The van der Waals surface area contributed by atoms with Gasteiger partial charge in [-0.25, -0.2) is 0 Å². The maximum absolute atomic E-state index is 12.2. The van der Waals surface area contributed by atoms with E-state index >= 15 is 0 Å². The van der Waals surface area contributed by atoms with Crippen LogP contribution in [0.15, 0.2) is 53.4 Å². The zero-order valence-electron chi connectivity index (χ0n) is 11.3. The lowest BCUT2D eigenvalue weighted by Crippen LogP contribution is -2.26. The van der Waals surface area contributed by atoms with Gasteiger partial charge < -0.3 is 0 Å². The van der Waals surface area contributed by atoms with Crippen LogP contribution in [0.2, 0.25) is 0 Å². The molecular formula is C17H11NO2S. The first-order valence-electron chi connectivity index (χ1n) is 6.36. The Morgan fingerprint density at radius 2 is 1.71 bits per heavy atom. The van der Waals surface area contributed by atoms with Crippen molar-refractivity contribution in [3.63, 3.8) is 0 Å². The molecule has 1 aromatic carbocycles. The molecule has 21 heavy (non-hydrogen) atoms. The van der Waals surface area contributed by atoms with Crippen molar-refractivity contribution in [2.45, 2.75) is 0 Å². The number of amides is 2. The molecule has 0 saturated heterocycles. The smallest absolute Gasteiger partial charge is 0.269 e. The molecule has 0 fully saturated rings.